The number of esters is 1. The van der Waals surface area contributed by atoms with Crippen LogP contribution in [-0.2, 0) is 4.74 Å². The van der Waals surface area contributed by atoms with Gasteiger partial charge in [-0.1, -0.05) is 11.6 Å². The Morgan fingerprint density at radius 2 is 2.06 bits per heavy atom. The number of carbonyl (C=O) groups excluding carboxylic acids is 1. The molecule has 0 heterocycles. The summed E-state index contributed by atoms with van der Waals surface area (Å²) in [6.45, 7) is 0. The van der Waals surface area contributed by atoms with Crippen LogP contribution in [0.1, 0.15) is 36.0 Å². The standard InChI is InChI=1S/C13H16ClNO3/c1-17-12-7-11(15)10(14)6-9(12)13(16)18-8-4-2-3-5-8/h6-8H,2-5,15H2,1H3. The minimum absolute atomic E-state index is 0.0125. The van der Waals surface area contributed by atoms with E-state index >= 15 is 0 Å². The first-order chi connectivity index (χ1) is 8.61. The topological polar surface area (TPSA) is 61.5 Å². The molecule has 0 spiro atoms. The summed E-state index contributed by atoms with van der Waals surface area (Å²) in [5.41, 5.74) is 6.37. The van der Waals surface area contributed by atoms with Crippen LogP contribution in [0.15, 0.2) is 12.1 Å². The maximum absolute atomic E-state index is 12.0. The zero-order valence-electron chi connectivity index (χ0n) is 10.2. The Morgan fingerprint density at radius 3 is 2.67 bits per heavy atom. The first-order valence-corrected chi connectivity index (χ1v) is 6.33. The zero-order chi connectivity index (χ0) is 13.1. The zero-order valence-corrected chi connectivity index (χ0v) is 11.0. The number of ether oxygens (including phenoxy) is 2. The lowest BCUT2D eigenvalue weighted by atomic mass is 10.1. The van der Waals surface area contributed by atoms with Gasteiger partial charge in [0.25, 0.3) is 0 Å². The van der Waals surface area contributed by atoms with Gasteiger partial charge >= 0.3 is 5.97 Å². The van der Waals surface area contributed by atoms with E-state index in [1.165, 1.54) is 19.2 Å². The number of nitrogens with two attached hydrogens (primary N) is 1. The number of carbonyl (C=O) groups is 1. The molecule has 2 N–H and O–H groups in total. The van der Waals surface area contributed by atoms with E-state index in [0.717, 1.165) is 25.7 Å². The second-order valence-electron chi connectivity index (χ2n) is 4.39. The molecule has 98 valence electrons. The van der Waals surface area contributed by atoms with Gasteiger partial charge in [0.1, 0.15) is 17.4 Å². The highest BCUT2D eigenvalue weighted by molar-refractivity contribution is 6.33. The van der Waals surface area contributed by atoms with E-state index < -0.39 is 5.97 Å². The Hall–Kier alpha value is -1.42. The first kappa shape index (κ1) is 13.0. The van der Waals surface area contributed by atoms with Gasteiger partial charge in [0.2, 0.25) is 0 Å². The third-order valence-electron chi connectivity index (χ3n) is 3.11. The predicted octanol–water partition coefficient (Wildman–Crippen LogP) is 3.03. The van der Waals surface area contributed by atoms with Crippen molar-refractivity contribution in [2.45, 2.75) is 31.8 Å². The van der Waals surface area contributed by atoms with E-state index in [4.69, 9.17) is 26.8 Å². The summed E-state index contributed by atoms with van der Waals surface area (Å²) >= 11 is 5.92. The van der Waals surface area contributed by atoms with Crippen LogP contribution in [0.25, 0.3) is 0 Å². The van der Waals surface area contributed by atoms with Gasteiger partial charge in [-0.3, -0.25) is 0 Å². The van der Waals surface area contributed by atoms with E-state index in [1.807, 2.05) is 0 Å². The second kappa shape index (κ2) is 5.48. The lowest BCUT2D eigenvalue weighted by molar-refractivity contribution is 0.0314. The monoisotopic (exact) mass is 269 g/mol. The van der Waals surface area contributed by atoms with Gasteiger partial charge in [0, 0.05) is 6.07 Å². The fourth-order valence-corrected chi connectivity index (χ4v) is 2.28. The highest BCUT2D eigenvalue weighted by Crippen LogP contribution is 2.30. The van der Waals surface area contributed by atoms with Crippen molar-refractivity contribution in [3.63, 3.8) is 0 Å². The molecule has 1 aliphatic rings. The molecular weight excluding hydrogens is 254 g/mol. The van der Waals surface area contributed by atoms with Crippen molar-refractivity contribution >= 4 is 23.3 Å². The molecule has 0 bridgehead atoms. The van der Waals surface area contributed by atoms with E-state index in [9.17, 15) is 4.79 Å². The molecule has 5 heteroatoms. The van der Waals surface area contributed by atoms with Crippen molar-refractivity contribution < 1.29 is 14.3 Å². The second-order valence-corrected chi connectivity index (χ2v) is 4.79. The molecule has 1 fully saturated rings. The molecule has 1 saturated carbocycles. The minimum Gasteiger partial charge on any atom is -0.496 e. The molecular formula is C13H16ClNO3. The molecule has 0 radical (unpaired) electrons. The van der Waals surface area contributed by atoms with E-state index in [0.29, 0.717) is 22.0 Å². The van der Waals surface area contributed by atoms with Crippen molar-refractivity contribution in [2.24, 2.45) is 0 Å². The summed E-state index contributed by atoms with van der Waals surface area (Å²) in [5.74, 6) is -0.0134. The molecule has 0 unspecified atom stereocenters. The van der Waals surface area contributed by atoms with Crippen LogP contribution in [0.5, 0.6) is 5.75 Å². The molecule has 18 heavy (non-hydrogen) atoms. The summed E-state index contributed by atoms with van der Waals surface area (Å²) < 4.78 is 10.5. The first-order valence-electron chi connectivity index (χ1n) is 5.96. The third kappa shape index (κ3) is 2.70. The summed E-state index contributed by atoms with van der Waals surface area (Å²) in [4.78, 5) is 12.0. The summed E-state index contributed by atoms with van der Waals surface area (Å²) in [5, 5.41) is 0.328. The number of benzene rings is 1. The Balaban J connectivity index is 2.20. The number of nitrogen functional groups attached to an aromatic ring is 1. The molecule has 1 aromatic carbocycles. The predicted molar refractivity (Wildman–Crippen MR) is 70.1 cm³/mol. The summed E-state index contributed by atoms with van der Waals surface area (Å²) in [7, 11) is 1.48. The number of hydrogen-bond acceptors (Lipinski definition) is 4. The fourth-order valence-electron chi connectivity index (χ4n) is 2.12. The van der Waals surface area contributed by atoms with Crippen molar-refractivity contribution in [2.75, 3.05) is 12.8 Å². The number of methoxy groups -OCH3 is 1. The molecule has 2 rings (SSSR count). The Morgan fingerprint density at radius 1 is 1.39 bits per heavy atom. The average Bonchev–Trinajstić information content (AvgIpc) is 2.84. The number of halogens is 1. The van der Waals surface area contributed by atoms with Gasteiger partial charge in [0.05, 0.1) is 17.8 Å². The molecule has 0 atom stereocenters. The molecule has 0 aliphatic heterocycles. The van der Waals surface area contributed by atoms with Crippen molar-refractivity contribution in [1.82, 2.24) is 0 Å². The maximum atomic E-state index is 12.0. The fraction of sp³-hybridized carbons (Fsp3) is 0.462. The van der Waals surface area contributed by atoms with Gasteiger partial charge in [0.15, 0.2) is 0 Å². The van der Waals surface area contributed by atoms with Gasteiger partial charge in [-0.25, -0.2) is 4.79 Å². The molecule has 4 nitrogen and oxygen atoms in total. The van der Waals surface area contributed by atoms with Crippen molar-refractivity contribution in [3.05, 3.63) is 22.7 Å². The quantitative estimate of drug-likeness (QED) is 0.677. The van der Waals surface area contributed by atoms with Crippen molar-refractivity contribution in [3.8, 4) is 5.75 Å². The van der Waals surface area contributed by atoms with Gasteiger partial charge in [-0.15, -0.1) is 0 Å². The van der Waals surface area contributed by atoms with Gasteiger partial charge < -0.3 is 15.2 Å². The SMILES string of the molecule is COc1cc(N)c(Cl)cc1C(=O)OC1CCCC1. The smallest absolute Gasteiger partial charge is 0.342 e. The van der Waals surface area contributed by atoms with Crippen LogP contribution in [-0.4, -0.2) is 19.2 Å². The van der Waals surface area contributed by atoms with Crippen LogP contribution in [0, 0.1) is 0 Å². The highest BCUT2D eigenvalue weighted by atomic mass is 35.5. The van der Waals surface area contributed by atoms with E-state index in [2.05, 4.69) is 0 Å². The minimum atomic E-state index is -0.402. The van der Waals surface area contributed by atoms with E-state index in [-0.39, 0.29) is 6.10 Å². The molecule has 0 amide bonds. The number of anilines is 1. The van der Waals surface area contributed by atoms with Crippen LogP contribution in [0.3, 0.4) is 0 Å². The highest BCUT2D eigenvalue weighted by Gasteiger charge is 2.23. The van der Waals surface area contributed by atoms with E-state index in [1.54, 1.807) is 0 Å². The van der Waals surface area contributed by atoms with Crippen LogP contribution in [0.4, 0.5) is 5.69 Å². The number of rotatable bonds is 3. The maximum Gasteiger partial charge on any atom is 0.342 e. The molecule has 1 aliphatic carbocycles. The lowest BCUT2D eigenvalue weighted by Crippen LogP contribution is -2.15. The number of hydrogen-bond donors (Lipinski definition) is 1. The Labute approximate surface area is 111 Å². The van der Waals surface area contributed by atoms with Gasteiger partial charge in [-0.2, -0.15) is 0 Å². The van der Waals surface area contributed by atoms with Crippen molar-refractivity contribution in [1.29, 1.82) is 0 Å². The van der Waals surface area contributed by atoms with Crippen LogP contribution >= 0.6 is 11.6 Å². The average molecular weight is 270 g/mol. The Bertz CT molecular complexity index is 456. The normalized spacial score (nSPS) is 15.7. The third-order valence-corrected chi connectivity index (χ3v) is 3.44. The largest absolute Gasteiger partial charge is 0.496 e. The summed E-state index contributed by atoms with van der Waals surface area (Å²) in [6, 6.07) is 3.03. The summed E-state index contributed by atoms with van der Waals surface area (Å²) in [6.07, 6.45) is 4.08. The van der Waals surface area contributed by atoms with Crippen LogP contribution < -0.4 is 10.5 Å². The molecule has 0 aromatic heterocycles. The molecule has 1 aromatic rings. The van der Waals surface area contributed by atoms with Crippen LogP contribution in [0.2, 0.25) is 5.02 Å². The Kier molecular flexibility index (Phi) is 3.97. The van der Waals surface area contributed by atoms with Gasteiger partial charge in [-0.05, 0) is 31.7 Å². The molecule has 0 saturated heterocycles. The lowest BCUT2D eigenvalue weighted by Gasteiger charge is -2.14.